The zero-order chi connectivity index (χ0) is 71.3. The summed E-state index contributed by atoms with van der Waals surface area (Å²) in [6.07, 6.45) is 0. The van der Waals surface area contributed by atoms with Gasteiger partial charge in [0.1, 0.15) is 64.4 Å². The predicted octanol–water partition coefficient (Wildman–Crippen LogP) is 10.5. The molecular weight excluding hydrogens is 1440 g/mol. The highest BCUT2D eigenvalue weighted by Gasteiger charge is 2.22. The molecule has 8 aromatic heterocycles. The third-order valence-electron chi connectivity index (χ3n) is 10.0. The number of nitrogens with one attached hydrogen (secondary N) is 1. The lowest BCUT2D eigenvalue weighted by molar-refractivity contribution is -0.114. The zero-order valence-electron chi connectivity index (χ0n) is 56.4. The van der Waals surface area contributed by atoms with Gasteiger partial charge in [-0.1, -0.05) is 23.2 Å². The molecule has 37 heteroatoms. The molecule has 96 heavy (non-hydrogen) atoms. The Kier molecular flexibility index (Phi) is 37.5. The number of nitrogens with zero attached hydrogens (tertiary/aromatic N) is 16. The largest absolute Gasteiger partial charge is 0.478 e. The van der Waals surface area contributed by atoms with Crippen LogP contribution in [0.25, 0.3) is 0 Å². The fourth-order valence-electron chi connectivity index (χ4n) is 6.86. The molecule has 522 valence electrons. The van der Waals surface area contributed by atoms with Gasteiger partial charge in [0.2, 0.25) is 76.6 Å². The van der Waals surface area contributed by atoms with E-state index in [0.29, 0.717) is 186 Å². The van der Waals surface area contributed by atoms with Crippen molar-refractivity contribution in [1.82, 2.24) is 79.7 Å². The van der Waals surface area contributed by atoms with Gasteiger partial charge in [-0.3, -0.25) is 4.79 Å². The van der Waals surface area contributed by atoms with Crippen LogP contribution < -0.4 is 75.6 Å². The van der Waals surface area contributed by atoms with Crippen LogP contribution in [0.2, 0.25) is 10.3 Å². The molecule has 0 spiro atoms. The molecule has 0 aliphatic rings. The third-order valence-corrected chi connectivity index (χ3v) is 13.2. The van der Waals surface area contributed by atoms with Gasteiger partial charge in [0.05, 0.1) is 78.2 Å². The summed E-state index contributed by atoms with van der Waals surface area (Å²) in [5, 5.41) is 4.00. The second kappa shape index (κ2) is 44.1. The van der Waals surface area contributed by atoms with Gasteiger partial charge in [-0.2, -0.15) is 49.8 Å². The Morgan fingerprint density at radius 1 is 0.396 bits per heavy atom. The van der Waals surface area contributed by atoms with Gasteiger partial charge >= 0.3 is 0 Å². The zero-order valence-corrected chi connectivity index (χ0v) is 61.7. The molecule has 8 aromatic rings. The van der Waals surface area contributed by atoms with Crippen LogP contribution in [0, 0.1) is 38.2 Å². The number of carbonyl (C=O) groups is 1. The number of ether oxygens (including phenoxy) is 10. The Morgan fingerprint density at radius 3 is 1.03 bits per heavy atom. The number of hydrogen-bond donors (Lipinski definition) is 5. The van der Waals surface area contributed by atoms with Gasteiger partial charge in [0, 0.05) is 30.8 Å². The summed E-state index contributed by atoms with van der Waals surface area (Å²) < 4.78 is 54.8. The van der Waals surface area contributed by atoms with Crippen LogP contribution in [0.3, 0.4) is 0 Å². The molecule has 0 radical (unpaired) electrons. The number of rotatable bonds is 25. The van der Waals surface area contributed by atoms with Gasteiger partial charge in [-0.15, -0.1) is 0 Å². The van der Waals surface area contributed by atoms with Crippen molar-refractivity contribution < 1.29 is 52.2 Å². The number of carbonyl (C=O) groups excluding carboxylic acids is 1. The highest BCUT2D eigenvalue weighted by atomic mass is 127. The Labute approximate surface area is 590 Å². The first-order valence-electron chi connectivity index (χ1n) is 29.8. The van der Waals surface area contributed by atoms with Crippen molar-refractivity contribution >= 4 is 105 Å². The molecule has 0 fully saturated rings. The van der Waals surface area contributed by atoms with E-state index in [0.717, 1.165) is 9.26 Å². The Bertz CT molecular complexity index is 3460. The Balaban J connectivity index is 0.000000310. The molecule has 0 bridgehead atoms. The van der Waals surface area contributed by atoms with Crippen molar-refractivity contribution in [3.63, 3.8) is 0 Å². The van der Waals surface area contributed by atoms with E-state index in [4.69, 9.17) is 93.5 Å². The van der Waals surface area contributed by atoms with Crippen LogP contribution in [-0.2, 0) is 4.79 Å². The average molecular weight is 1520 g/mol. The fraction of sp³-hybridized carbons (Fsp3) is 0.441. The molecule has 0 saturated heterocycles. The first-order valence-corrected chi connectivity index (χ1v) is 33.3. The van der Waals surface area contributed by atoms with Crippen LogP contribution in [0.4, 0.5) is 29.4 Å². The van der Waals surface area contributed by atoms with Crippen molar-refractivity contribution in [3.05, 3.63) is 73.2 Å². The number of aromatic nitrogens is 16. The van der Waals surface area contributed by atoms with E-state index < -0.39 is 0 Å². The van der Waals surface area contributed by atoms with Crippen LogP contribution in [0.1, 0.15) is 105 Å². The minimum Gasteiger partial charge on any atom is -0.478 e. The number of halogens is 3. The molecule has 0 aromatic carbocycles. The van der Waals surface area contributed by atoms with Crippen LogP contribution in [-0.4, -0.2) is 152 Å². The maximum Gasteiger partial charge on any atom is 0.235 e. The topological polar surface area (TPSA) is 432 Å². The summed E-state index contributed by atoms with van der Waals surface area (Å²) >= 11 is 15.4. The van der Waals surface area contributed by atoms with E-state index in [1.807, 2.05) is 90.0 Å². The van der Waals surface area contributed by atoms with Gasteiger partial charge in [-0.05, 0) is 150 Å². The minimum atomic E-state index is -0.197. The van der Waals surface area contributed by atoms with Crippen LogP contribution >= 0.6 is 69.3 Å². The number of anilines is 5. The molecule has 0 atom stereocenters. The number of hydrogen-bond acceptors (Lipinski definition) is 33. The first kappa shape index (κ1) is 81.6. The van der Waals surface area contributed by atoms with E-state index in [2.05, 4.69) is 108 Å². The average Bonchev–Trinajstić information content (AvgIpc) is 0.838. The van der Waals surface area contributed by atoms with Crippen molar-refractivity contribution in [2.45, 2.75) is 131 Å². The monoisotopic (exact) mass is 1520 g/mol. The first-order chi connectivity index (χ1) is 45.8. The summed E-state index contributed by atoms with van der Waals surface area (Å²) in [4.78, 5) is 78.2. The molecule has 0 aliphatic heterocycles. The number of nitrogens with two attached hydrogens (primary N) is 4. The summed E-state index contributed by atoms with van der Waals surface area (Å²) in [5.74, 6) is 8.44. The second-order valence-electron chi connectivity index (χ2n) is 17.9. The molecule has 0 aliphatic carbocycles. The van der Waals surface area contributed by atoms with Crippen molar-refractivity contribution in [1.29, 1.82) is 0 Å². The van der Waals surface area contributed by atoms with E-state index in [-0.39, 0.29) is 28.1 Å². The van der Waals surface area contributed by atoms with Crippen molar-refractivity contribution in [2.24, 2.45) is 0 Å². The summed E-state index contributed by atoms with van der Waals surface area (Å²) in [7, 11) is 0. The van der Waals surface area contributed by atoms with E-state index in [1.165, 1.54) is 42.6 Å². The molecule has 0 unspecified atom stereocenters. The second-order valence-corrected chi connectivity index (χ2v) is 21.7. The lowest BCUT2D eigenvalue weighted by Gasteiger charge is -2.13. The maximum atomic E-state index is 11.3. The van der Waals surface area contributed by atoms with Gasteiger partial charge in [0.15, 0.2) is 10.3 Å². The van der Waals surface area contributed by atoms with Gasteiger partial charge < -0.3 is 75.6 Å². The molecule has 9 N–H and O–H groups in total. The van der Waals surface area contributed by atoms with Gasteiger partial charge in [-0.25, -0.2) is 29.9 Å². The van der Waals surface area contributed by atoms with Crippen molar-refractivity contribution in [2.75, 3.05) is 94.3 Å². The normalized spacial score (nSPS) is 10.1. The maximum absolute atomic E-state index is 11.3. The standard InChI is InChI=1S/C16H21N5O3S.C13H18N6O2S.C9H13IN2O2.C9H14N2O2.C8H13N3O2.C4H3Cl2N3/c1-6-23-14-13(15(24-7-2)19-10(4)18-14)25-16-17-9(3)8-12(21-16)20-11(5)22;1-4-20-11-10(12(21-5-2)17-7(3)16-11)22-13-18-8(14)6-9(15)19-13;1-4-13-8-7(10)9(14-5-2)12-6(3)11-8;1-4-12-8-6-9(13-5-2)11-7(3)10-8;1-3-12-6-5-7(13-4-2)11-8(9)10-6;5-2-1-3(6)9-4(7)8-2/h8H,6-7H2,1-5H3,(H,17,20,21,22);6H,4-5H2,1-3H3,(H4,14,15,18,19);4-5H2,1-3H3;6H,4-5H2,1-3H3;5H,3-4H2,1-2H3,(H2,9,10,11);1H,(H2,7,8,9). The highest BCUT2D eigenvalue weighted by molar-refractivity contribution is 14.1. The quantitative estimate of drug-likeness (QED) is 0.0202. The van der Waals surface area contributed by atoms with E-state index in [9.17, 15) is 4.79 Å². The molecule has 8 rings (SSSR count). The molecule has 32 nitrogen and oxygen atoms in total. The Hall–Kier alpha value is -8.68. The molecule has 1 amide bonds. The lowest BCUT2D eigenvalue weighted by atomic mass is 10.4. The predicted molar refractivity (Wildman–Crippen MR) is 375 cm³/mol. The van der Waals surface area contributed by atoms with E-state index in [1.54, 1.807) is 32.0 Å². The summed E-state index contributed by atoms with van der Waals surface area (Å²) in [6.45, 7) is 34.7. The molecule has 0 saturated carbocycles. The minimum absolute atomic E-state index is 0.0903. The highest BCUT2D eigenvalue weighted by Crippen LogP contribution is 2.40. The molecule has 8 heterocycles. The van der Waals surface area contributed by atoms with Gasteiger partial charge in [0.25, 0.3) is 0 Å². The van der Waals surface area contributed by atoms with E-state index >= 15 is 0 Å². The number of aryl methyl sites for hydroxylation is 5. The number of amides is 1. The van der Waals surface area contributed by atoms with Crippen LogP contribution in [0.15, 0.2) is 50.4 Å². The summed E-state index contributed by atoms with van der Waals surface area (Å²) in [6, 6.07) is 7.91. The fourth-order valence-corrected chi connectivity index (χ4v) is 9.62. The van der Waals surface area contributed by atoms with Crippen molar-refractivity contribution in [3.8, 4) is 58.8 Å². The van der Waals surface area contributed by atoms with Crippen LogP contribution in [0.5, 0.6) is 58.8 Å². The smallest absolute Gasteiger partial charge is 0.235 e. The third kappa shape index (κ3) is 30.4. The SMILES string of the molecule is CCOc1cc(OCC)nc(C)n1.CCOc1cc(OCC)nc(N)n1.CCOc1nc(C)nc(OCC)c1I.CCOc1nc(C)nc(OCC)c1Sc1nc(C)cc(NC(C)=O)n1.CCOc1nc(C)nc(OCC)c1Sc1nc(N)cc(N)n1.Nc1nc(Cl)cc(Cl)n1. The lowest BCUT2D eigenvalue weighted by Crippen LogP contribution is -2.09. The molecular formula is C59H82Cl2IN21O11S2. The summed E-state index contributed by atoms with van der Waals surface area (Å²) in [5.41, 5.74) is 22.7. The number of nitrogen functional groups attached to an aromatic ring is 4. The Morgan fingerprint density at radius 2 is 0.698 bits per heavy atom.